The summed E-state index contributed by atoms with van der Waals surface area (Å²) < 4.78 is 16.9. The summed E-state index contributed by atoms with van der Waals surface area (Å²) in [6.45, 7) is 11.4. The molecule has 2 aliphatic heterocycles. The average Bonchev–Trinajstić information content (AvgIpc) is 3.07. The number of ether oxygens (including phenoxy) is 3. The Morgan fingerprint density at radius 2 is 2.08 bits per heavy atom. The second kappa shape index (κ2) is 5.42. The van der Waals surface area contributed by atoms with E-state index in [-0.39, 0.29) is 12.0 Å². The molecule has 0 spiro atoms. The van der Waals surface area contributed by atoms with Crippen LogP contribution in [0.3, 0.4) is 0 Å². The predicted molar refractivity (Wildman–Crippen MR) is 91.9 cm³/mol. The van der Waals surface area contributed by atoms with Gasteiger partial charge in [-0.05, 0) is 33.6 Å². The van der Waals surface area contributed by atoms with Gasteiger partial charge < -0.3 is 19.3 Å². The summed E-state index contributed by atoms with van der Waals surface area (Å²) in [5.74, 6) is -1.38. The number of aliphatic hydroxyl groups excluding tert-OH is 1. The molecule has 8 atom stereocenters. The van der Waals surface area contributed by atoms with Gasteiger partial charge in [-0.2, -0.15) is 0 Å². The molecule has 26 heavy (non-hydrogen) atoms. The van der Waals surface area contributed by atoms with E-state index in [1.165, 1.54) is 0 Å². The number of rotatable bonds is 2. The van der Waals surface area contributed by atoms with Gasteiger partial charge in [0, 0.05) is 16.9 Å². The molecule has 2 saturated heterocycles. The Hall–Kier alpha value is -1.66. The molecule has 0 radical (unpaired) electrons. The fourth-order valence-corrected chi connectivity index (χ4v) is 5.11. The van der Waals surface area contributed by atoms with Crippen molar-refractivity contribution in [3.05, 3.63) is 23.8 Å². The predicted octanol–water partition coefficient (Wildman–Crippen LogP) is 1.91. The van der Waals surface area contributed by atoms with Crippen molar-refractivity contribution in [1.82, 2.24) is 0 Å². The van der Waals surface area contributed by atoms with Crippen molar-refractivity contribution >= 4 is 11.9 Å². The van der Waals surface area contributed by atoms with Crippen LogP contribution in [-0.2, 0) is 23.8 Å². The van der Waals surface area contributed by atoms with Crippen molar-refractivity contribution in [1.29, 1.82) is 0 Å². The van der Waals surface area contributed by atoms with Crippen molar-refractivity contribution in [2.24, 2.45) is 17.3 Å². The number of carbonyl (C=O) groups excluding carboxylic acids is 2. The summed E-state index contributed by atoms with van der Waals surface area (Å²) in [5.41, 5.74) is -0.0185. The standard InChI is InChI=1S/C20H26O6/c1-9-6-7-13(21)19(4)8-12(24-18(23)20(5)11(3)26-20)14-10(2)17(22)25-16(14)15(9)19/h6,11-16,21H,2,7-8H2,1,3-5H3/t11-,12-,13-,14-,15-,16+,19+,20-/m1/s1. The Kier molecular flexibility index (Phi) is 3.70. The summed E-state index contributed by atoms with van der Waals surface area (Å²) in [4.78, 5) is 24.8. The van der Waals surface area contributed by atoms with Gasteiger partial charge in [0.05, 0.1) is 18.1 Å². The Morgan fingerprint density at radius 1 is 1.42 bits per heavy atom. The van der Waals surface area contributed by atoms with Crippen LogP contribution in [0.2, 0.25) is 0 Å². The van der Waals surface area contributed by atoms with Crippen LogP contribution in [0, 0.1) is 17.3 Å². The number of fused-ring (bicyclic) bond motifs is 3. The topological polar surface area (TPSA) is 85.4 Å². The first-order chi connectivity index (χ1) is 12.1. The van der Waals surface area contributed by atoms with Gasteiger partial charge >= 0.3 is 11.9 Å². The molecule has 0 unspecified atom stereocenters. The minimum atomic E-state index is -0.931. The third-order valence-electron chi connectivity index (χ3n) is 7.06. The lowest BCUT2D eigenvalue weighted by Gasteiger charge is -2.53. The lowest BCUT2D eigenvalue weighted by Crippen LogP contribution is -2.57. The third-order valence-corrected chi connectivity index (χ3v) is 7.06. The van der Waals surface area contributed by atoms with E-state index in [0.717, 1.165) is 5.57 Å². The van der Waals surface area contributed by atoms with Crippen molar-refractivity contribution in [2.45, 2.75) is 70.6 Å². The molecule has 0 aromatic heterocycles. The summed E-state index contributed by atoms with van der Waals surface area (Å²) in [6.07, 6.45) is 1.20. The summed E-state index contributed by atoms with van der Waals surface area (Å²) in [7, 11) is 0. The van der Waals surface area contributed by atoms with Gasteiger partial charge in [0.1, 0.15) is 12.2 Å². The molecule has 0 aromatic rings. The molecule has 4 rings (SSSR count). The van der Waals surface area contributed by atoms with Crippen LogP contribution >= 0.6 is 0 Å². The van der Waals surface area contributed by atoms with Crippen LogP contribution in [0.5, 0.6) is 0 Å². The number of carbonyl (C=O) groups is 2. The maximum absolute atomic E-state index is 12.6. The van der Waals surface area contributed by atoms with E-state index in [2.05, 4.69) is 6.58 Å². The number of hydrogen-bond donors (Lipinski definition) is 1. The highest BCUT2D eigenvalue weighted by Crippen LogP contribution is 2.57. The molecule has 2 heterocycles. The van der Waals surface area contributed by atoms with E-state index in [9.17, 15) is 14.7 Å². The quantitative estimate of drug-likeness (QED) is 0.350. The smallest absolute Gasteiger partial charge is 0.341 e. The van der Waals surface area contributed by atoms with Crippen LogP contribution in [0.25, 0.3) is 0 Å². The fraction of sp³-hybridized carbons (Fsp3) is 0.700. The SMILES string of the molecule is C=C1C(=O)O[C@H]2[C@H]1[C@H](OC(=O)[C@]1(C)O[C@@H]1C)C[C@@]1(C)[C@H](O)CC=C(C)[C@H]21. The molecular weight excluding hydrogens is 336 g/mol. The molecule has 0 amide bonds. The van der Waals surface area contributed by atoms with E-state index < -0.39 is 47.2 Å². The van der Waals surface area contributed by atoms with E-state index in [1.807, 2.05) is 26.8 Å². The zero-order valence-electron chi connectivity index (χ0n) is 15.7. The molecule has 0 aromatic carbocycles. The molecule has 1 N–H and O–H groups in total. The average molecular weight is 362 g/mol. The van der Waals surface area contributed by atoms with Crippen molar-refractivity contribution in [2.75, 3.05) is 0 Å². The van der Waals surface area contributed by atoms with Crippen LogP contribution in [-0.4, -0.2) is 47.1 Å². The van der Waals surface area contributed by atoms with Gasteiger partial charge in [0.2, 0.25) is 0 Å². The van der Waals surface area contributed by atoms with Crippen LogP contribution in [0.1, 0.15) is 40.5 Å². The van der Waals surface area contributed by atoms with Crippen molar-refractivity contribution in [3.8, 4) is 0 Å². The summed E-state index contributed by atoms with van der Waals surface area (Å²) >= 11 is 0. The van der Waals surface area contributed by atoms with E-state index in [0.29, 0.717) is 18.4 Å². The van der Waals surface area contributed by atoms with E-state index >= 15 is 0 Å². The second-order valence-corrected chi connectivity index (χ2v) is 8.62. The van der Waals surface area contributed by atoms with Crippen LogP contribution in [0.4, 0.5) is 0 Å². The zero-order valence-corrected chi connectivity index (χ0v) is 15.7. The molecule has 3 fully saturated rings. The van der Waals surface area contributed by atoms with Crippen molar-refractivity contribution in [3.63, 3.8) is 0 Å². The molecule has 142 valence electrons. The fourth-order valence-electron chi connectivity index (χ4n) is 5.11. The lowest BCUT2D eigenvalue weighted by molar-refractivity contribution is -0.179. The van der Waals surface area contributed by atoms with Gasteiger partial charge in [-0.25, -0.2) is 9.59 Å². The van der Waals surface area contributed by atoms with E-state index in [1.54, 1.807) is 6.92 Å². The molecule has 2 aliphatic carbocycles. The number of aliphatic hydroxyl groups is 1. The van der Waals surface area contributed by atoms with Gasteiger partial charge in [-0.3, -0.25) is 0 Å². The minimum Gasteiger partial charge on any atom is -0.459 e. The Bertz CT molecular complexity index is 726. The first-order valence-corrected chi connectivity index (χ1v) is 9.23. The highest BCUT2D eigenvalue weighted by atomic mass is 16.7. The largest absolute Gasteiger partial charge is 0.459 e. The third kappa shape index (κ3) is 2.24. The zero-order chi connectivity index (χ0) is 19.0. The second-order valence-electron chi connectivity index (χ2n) is 8.62. The molecule has 6 heteroatoms. The molecule has 1 saturated carbocycles. The Morgan fingerprint density at radius 3 is 2.69 bits per heavy atom. The van der Waals surface area contributed by atoms with Gasteiger partial charge in [-0.1, -0.05) is 25.2 Å². The Labute approximate surface area is 153 Å². The molecule has 4 aliphatic rings. The highest BCUT2D eigenvalue weighted by Gasteiger charge is 2.63. The van der Waals surface area contributed by atoms with Gasteiger partial charge in [-0.15, -0.1) is 0 Å². The first kappa shape index (κ1) is 17.7. The van der Waals surface area contributed by atoms with Crippen molar-refractivity contribution < 1.29 is 28.9 Å². The minimum absolute atomic E-state index is 0.110. The number of hydrogen-bond acceptors (Lipinski definition) is 6. The van der Waals surface area contributed by atoms with Crippen LogP contribution < -0.4 is 0 Å². The number of esters is 2. The van der Waals surface area contributed by atoms with Crippen LogP contribution in [0.15, 0.2) is 23.8 Å². The molecular formula is C20H26O6. The maximum atomic E-state index is 12.6. The number of epoxide rings is 1. The maximum Gasteiger partial charge on any atom is 0.341 e. The van der Waals surface area contributed by atoms with E-state index in [4.69, 9.17) is 14.2 Å². The molecule has 0 bridgehead atoms. The first-order valence-electron chi connectivity index (χ1n) is 9.23. The normalized spacial score (nSPS) is 49.7. The van der Waals surface area contributed by atoms with Gasteiger partial charge in [0.25, 0.3) is 0 Å². The lowest BCUT2D eigenvalue weighted by atomic mass is 9.54. The summed E-state index contributed by atoms with van der Waals surface area (Å²) in [6, 6.07) is 0. The monoisotopic (exact) mass is 362 g/mol. The molecule has 6 nitrogen and oxygen atoms in total. The van der Waals surface area contributed by atoms with Gasteiger partial charge in [0.15, 0.2) is 5.60 Å². The Balaban J connectivity index is 1.69. The summed E-state index contributed by atoms with van der Waals surface area (Å²) in [5, 5.41) is 10.7. The highest BCUT2D eigenvalue weighted by molar-refractivity contribution is 5.91.